The lowest BCUT2D eigenvalue weighted by Gasteiger charge is -2.22. The zero-order valence-electron chi connectivity index (χ0n) is 27.6. The van der Waals surface area contributed by atoms with Crippen LogP contribution >= 0.6 is 0 Å². The van der Waals surface area contributed by atoms with Crippen LogP contribution in [0.2, 0.25) is 0 Å². The van der Waals surface area contributed by atoms with Gasteiger partial charge in [-0.25, -0.2) is 0 Å². The Morgan fingerprint density at radius 1 is 0.465 bits per heavy atom. The molecule has 254 valence electrons. The van der Waals surface area contributed by atoms with E-state index in [9.17, 15) is 0 Å². The Balaban J connectivity index is 1.11. The molecule has 0 spiro atoms. The lowest BCUT2D eigenvalue weighted by molar-refractivity contribution is 0.114. The molecule has 3 aliphatic rings. The predicted octanol–water partition coefficient (Wildman–Crippen LogP) is 4.00. The summed E-state index contributed by atoms with van der Waals surface area (Å²) in [5, 5.41) is 10.5. The van der Waals surface area contributed by atoms with E-state index in [0.717, 1.165) is 124 Å². The van der Waals surface area contributed by atoms with E-state index in [4.69, 9.17) is 23.7 Å². The van der Waals surface area contributed by atoms with Crippen molar-refractivity contribution in [2.45, 2.75) is 102 Å². The van der Waals surface area contributed by atoms with E-state index >= 15 is 0 Å². The summed E-state index contributed by atoms with van der Waals surface area (Å²) in [4.78, 5) is 2.66. The van der Waals surface area contributed by atoms with Crippen LogP contribution in [-0.2, 0) is 23.7 Å². The average molecular weight is 613 g/mol. The van der Waals surface area contributed by atoms with Crippen LogP contribution in [0, 0.1) is 5.92 Å². The van der Waals surface area contributed by atoms with Gasteiger partial charge in [0.25, 0.3) is 0 Å². The molecule has 0 aromatic heterocycles. The van der Waals surface area contributed by atoms with Crippen molar-refractivity contribution >= 4 is 0 Å². The van der Waals surface area contributed by atoms with Crippen LogP contribution in [0.25, 0.3) is 0 Å². The first-order valence-electron chi connectivity index (χ1n) is 18.2. The summed E-state index contributed by atoms with van der Waals surface area (Å²) >= 11 is 0. The number of rotatable bonds is 36. The second-order valence-corrected chi connectivity index (χ2v) is 12.9. The van der Waals surface area contributed by atoms with Crippen LogP contribution in [0.3, 0.4) is 0 Å². The summed E-state index contributed by atoms with van der Waals surface area (Å²) in [6, 6.07) is 0. The average Bonchev–Trinajstić information content (AvgIpc) is 3.86. The molecular weight excluding hydrogens is 544 g/mol. The van der Waals surface area contributed by atoms with Gasteiger partial charge in [0, 0.05) is 52.7 Å². The van der Waals surface area contributed by atoms with E-state index in [1.54, 1.807) is 0 Å². The van der Waals surface area contributed by atoms with E-state index in [0.29, 0.717) is 12.2 Å². The van der Waals surface area contributed by atoms with Crippen molar-refractivity contribution < 1.29 is 23.7 Å². The van der Waals surface area contributed by atoms with Crippen molar-refractivity contribution in [2.24, 2.45) is 5.92 Å². The first kappa shape index (κ1) is 37.1. The molecule has 0 amide bonds. The molecule has 0 aromatic rings. The molecule has 9 nitrogen and oxygen atoms in total. The van der Waals surface area contributed by atoms with Gasteiger partial charge in [0.2, 0.25) is 0 Å². The van der Waals surface area contributed by atoms with Crippen molar-refractivity contribution in [1.82, 2.24) is 20.9 Å². The van der Waals surface area contributed by atoms with Gasteiger partial charge in [0.05, 0.1) is 25.4 Å². The van der Waals surface area contributed by atoms with E-state index in [2.05, 4.69) is 20.9 Å². The Bertz CT molecular complexity index is 527. The summed E-state index contributed by atoms with van der Waals surface area (Å²) in [6.07, 6.45) is 18.0. The maximum atomic E-state index is 5.92. The Morgan fingerprint density at radius 3 is 1.16 bits per heavy atom. The molecule has 2 unspecified atom stereocenters. The minimum atomic E-state index is 0.478. The van der Waals surface area contributed by atoms with Gasteiger partial charge in [-0.3, -0.25) is 0 Å². The maximum Gasteiger partial charge on any atom is 0.0933 e. The molecule has 2 heterocycles. The minimum absolute atomic E-state index is 0.478. The summed E-state index contributed by atoms with van der Waals surface area (Å²) in [5.74, 6) is 0.975. The number of unbranched alkanes of at least 4 members (excludes halogenated alkanes) is 6. The number of epoxide rings is 2. The zero-order valence-corrected chi connectivity index (χ0v) is 27.6. The fourth-order valence-corrected chi connectivity index (χ4v) is 5.15. The Labute approximate surface area is 264 Å². The van der Waals surface area contributed by atoms with Gasteiger partial charge in [-0.1, -0.05) is 0 Å². The highest BCUT2D eigenvalue weighted by atomic mass is 16.6. The van der Waals surface area contributed by atoms with Gasteiger partial charge in [-0.15, -0.1) is 0 Å². The molecule has 2 aliphatic heterocycles. The first-order chi connectivity index (χ1) is 21.4. The predicted molar refractivity (Wildman–Crippen MR) is 175 cm³/mol. The van der Waals surface area contributed by atoms with Gasteiger partial charge >= 0.3 is 0 Å². The molecule has 2 saturated heterocycles. The monoisotopic (exact) mass is 613 g/mol. The summed E-state index contributed by atoms with van der Waals surface area (Å²) in [5.41, 5.74) is 0. The molecule has 3 rings (SSSR count). The second-order valence-electron chi connectivity index (χ2n) is 12.9. The molecule has 9 heteroatoms. The van der Waals surface area contributed by atoms with Crippen molar-refractivity contribution in [3.63, 3.8) is 0 Å². The molecule has 2 atom stereocenters. The van der Waals surface area contributed by atoms with Crippen molar-refractivity contribution in [3.8, 4) is 0 Å². The number of nitrogens with zero attached hydrogens (tertiary/aromatic N) is 1. The van der Waals surface area contributed by atoms with Crippen LogP contribution in [0.15, 0.2) is 0 Å². The molecule has 0 aromatic carbocycles. The van der Waals surface area contributed by atoms with Crippen LogP contribution < -0.4 is 16.0 Å². The molecule has 1 saturated carbocycles. The lowest BCUT2D eigenvalue weighted by atomic mass is 10.2. The largest absolute Gasteiger partial charge is 0.381 e. The van der Waals surface area contributed by atoms with E-state index < -0.39 is 0 Å². The molecule has 3 N–H and O–H groups in total. The van der Waals surface area contributed by atoms with Gasteiger partial charge in [-0.2, -0.15) is 0 Å². The summed E-state index contributed by atoms with van der Waals surface area (Å²) in [6.45, 7) is 17.3. The molecule has 0 bridgehead atoms. The number of hydrogen-bond acceptors (Lipinski definition) is 9. The van der Waals surface area contributed by atoms with Crippen molar-refractivity contribution in [1.29, 1.82) is 0 Å². The highest BCUT2D eigenvalue weighted by Crippen LogP contribution is 2.27. The zero-order chi connectivity index (χ0) is 29.9. The number of hydrogen-bond donors (Lipinski definition) is 3. The lowest BCUT2D eigenvalue weighted by Crippen LogP contribution is -2.28. The smallest absolute Gasteiger partial charge is 0.0933 e. The highest BCUT2D eigenvalue weighted by molar-refractivity contribution is 4.75. The van der Waals surface area contributed by atoms with E-state index in [-0.39, 0.29) is 0 Å². The van der Waals surface area contributed by atoms with Gasteiger partial charge in [-0.05, 0) is 142 Å². The maximum absolute atomic E-state index is 5.92. The molecule has 0 radical (unpaired) electrons. The normalized spacial score (nSPS) is 19.5. The number of nitrogens with one attached hydrogen (secondary N) is 3. The van der Waals surface area contributed by atoms with Gasteiger partial charge < -0.3 is 44.5 Å². The Kier molecular flexibility index (Phi) is 23.1. The van der Waals surface area contributed by atoms with Crippen LogP contribution in [0.1, 0.15) is 89.9 Å². The fourth-order valence-electron chi connectivity index (χ4n) is 5.15. The topological polar surface area (TPSA) is 92.1 Å². The van der Waals surface area contributed by atoms with E-state index in [1.807, 2.05) is 0 Å². The van der Waals surface area contributed by atoms with Crippen molar-refractivity contribution in [2.75, 3.05) is 112 Å². The third-order valence-electron chi connectivity index (χ3n) is 8.39. The second kappa shape index (κ2) is 26.8. The van der Waals surface area contributed by atoms with Crippen LogP contribution in [0.5, 0.6) is 0 Å². The minimum Gasteiger partial charge on any atom is -0.381 e. The van der Waals surface area contributed by atoms with Crippen LogP contribution in [0.4, 0.5) is 0 Å². The standard InChI is InChI=1S/C34H68N4O5/c1(15-35-27-32-13-14-32)7-21-39-24-10-4-18-38(19-5-11-25-40-22-8-2-16-36-28-33-30-42-33)20-6-12-26-41-23-9-3-17-37-29-34-31-43-34/h32-37H,1-31H2. The van der Waals surface area contributed by atoms with Crippen LogP contribution in [-0.4, -0.2) is 129 Å². The quantitative estimate of drug-likeness (QED) is 0.0718. The molecule has 3 fully saturated rings. The molecular formula is C34H68N4O5. The Morgan fingerprint density at radius 2 is 0.814 bits per heavy atom. The molecule has 1 aliphatic carbocycles. The highest BCUT2D eigenvalue weighted by Gasteiger charge is 2.21. The summed E-state index contributed by atoms with van der Waals surface area (Å²) < 4.78 is 28.2. The SMILES string of the molecule is C(CCOCCCCN(CCCCOCCCCNCC1CO1)CCCCOCCCCNCC1CO1)CNCC1CC1. The van der Waals surface area contributed by atoms with E-state index in [1.165, 1.54) is 84.0 Å². The summed E-state index contributed by atoms with van der Waals surface area (Å²) in [7, 11) is 0. The van der Waals surface area contributed by atoms with Crippen molar-refractivity contribution in [3.05, 3.63) is 0 Å². The van der Waals surface area contributed by atoms with Gasteiger partial charge in [0.15, 0.2) is 0 Å². The van der Waals surface area contributed by atoms with Gasteiger partial charge in [0.1, 0.15) is 0 Å². The third kappa shape index (κ3) is 25.5. The first-order valence-corrected chi connectivity index (χ1v) is 18.2. The fraction of sp³-hybridized carbons (Fsp3) is 1.00. The Hall–Kier alpha value is -0.360. The number of ether oxygens (including phenoxy) is 5. The molecule has 43 heavy (non-hydrogen) atoms. The third-order valence-corrected chi connectivity index (χ3v) is 8.39.